The van der Waals surface area contributed by atoms with Gasteiger partial charge in [0.2, 0.25) is 26.0 Å². The average molecular weight is 524 g/mol. The second-order valence-corrected chi connectivity index (χ2v) is 12.4. The first-order valence-electron chi connectivity index (χ1n) is 11.7. The van der Waals surface area contributed by atoms with Gasteiger partial charge in [0.1, 0.15) is 12.4 Å². The minimum atomic E-state index is -3.57. The zero-order valence-corrected chi connectivity index (χ0v) is 21.6. The Hall–Kier alpha value is -2.47. The van der Waals surface area contributed by atoms with E-state index < -0.39 is 20.0 Å². The van der Waals surface area contributed by atoms with Crippen molar-refractivity contribution in [2.45, 2.75) is 41.9 Å². The van der Waals surface area contributed by atoms with Crippen LogP contribution in [0.2, 0.25) is 0 Å². The van der Waals surface area contributed by atoms with Crippen LogP contribution in [-0.2, 0) is 24.8 Å². The van der Waals surface area contributed by atoms with E-state index in [1.54, 1.807) is 42.5 Å². The second-order valence-electron chi connectivity index (χ2n) is 8.38. The van der Waals surface area contributed by atoms with Crippen LogP contribution in [0.15, 0.2) is 64.4 Å². The molecule has 0 spiro atoms. The highest BCUT2D eigenvalue weighted by Crippen LogP contribution is 2.22. The Kier molecular flexibility index (Phi) is 9.67. The third kappa shape index (κ3) is 7.50. The molecule has 0 bridgehead atoms. The number of piperidine rings is 1. The van der Waals surface area contributed by atoms with Gasteiger partial charge in [0, 0.05) is 33.1 Å². The predicted octanol–water partition coefficient (Wildman–Crippen LogP) is 2.46. The summed E-state index contributed by atoms with van der Waals surface area (Å²) in [7, 11) is -5.54. The van der Waals surface area contributed by atoms with Crippen LogP contribution in [0.25, 0.3) is 0 Å². The molecule has 0 radical (unpaired) electrons. The number of hydrogen-bond donors (Lipinski definition) is 1. The van der Waals surface area contributed by atoms with Crippen molar-refractivity contribution in [3.8, 4) is 5.75 Å². The van der Waals surface area contributed by atoms with Crippen molar-refractivity contribution in [1.82, 2.24) is 13.9 Å². The smallest absolute Gasteiger partial charge is 0.243 e. The van der Waals surface area contributed by atoms with Gasteiger partial charge in [0.15, 0.2) is 0 Å². The molecule has 2 aromatic rings. The lowest BCUT2D eigenvalue weighted by Gasteiger charge is -2.25. The van der Waals surface area contributed by atoms with Crippen molar-refractivity contribution in [2.75, 3.05) is 39.8 Å². The van der Waals surface area contributed by atoms with E-state index in [1.807, 2.05) is 0 Å². The lowest BCUT2D eigenvalue weighted by molar-refractivity contribution is -0.121. The first-order valence-corrected chi connectivity index (χ1v) is 14.6. The van der Waals surface area contributed by atoms with Crippen LogP contribution in [0.4, 0.5) is 0 Å². The quantitative estimate of drug-likeness (QED) is 0.428. The number of hydrogen-bond acceptors (Lipinski definition) is 6. The first-order chi connectivity index (χ1) is 16.7. The number of nitrogens with zero attached hydrogens (tertiary/aromatic N) is 2. The topological polar surface area (TPSA) is 113 Å². The van der Waals surface area contributed by atoms with Crippen LogP contribution in [0, 0.1) is 0 Å². The van der Waals surface area contributed by atoms with E-state index in [9.17, 15) is 21.6 Å². The summed E-state index contributed by atoms with van der Waals surface area (Å²) in [5, 5.41) is 2.74. The normalized spacial score (nSPS) is 15.1. The summed E-state index contributed by atoms with van der Waals surface area (Å²) in [6.07, 6.45) is 3.41. The van der Waals surface area contributed by atoms with Gasteiger partial charge >= 0.3 is 0 Å². The maximum atomic E-state index is 12.7. The number of sulfonamides is 2. The largest absolute Gasteiger partial charge is 0.492 e. The molecular formula is C24H33N3O6S2. The number of carbonyl (C=O) groups is 1. The van der Waals surface area contributed by atoms with Gasteiger partial charge in [-0.15, -0.1) is 0 Å². The number of amides is 1. The average Bonchev–Trinajstić information content (AvgIpc) is 2.88. The molecule has 1 amide bonds. The van der Waals surface area contributed by atoms with Gasteiger partial charge in [0.05, 0.1) is 16.3 Å². The van der Waals surface area contributed by atoms with Crippen LogP contribution >= 0.6 is 0 Å². The van der Waals surface area contributed by atoms with Crippen LogP contribution in [0.3, 0.4) is 0 Å². The minimum Gasteiger partial charge on any atom is -0.492 e. The third-order valence-electron chi connectivity index (χ3n) is 5.80. The third-order valence-corrected chi connectivity index (χ3v) is 9.58. The van der Waals surface area contributed by atoms with E-state index >= 15 is 0 Å². The lowest BCUT2D eigenvalue weighted by atomic mass is 10.2. The fourth-order valence-electron chi connectivity index (χ4n) is 3.76. The molecule has 1 heterocycles. The number of carbonyl (C=O) groups excluding carboxylic acids is 1. The van der Waals surface area contributed by atoms with E-state index in [1.165, 1.54) is 27.8 Å². The monoisotopic (exact) mass is 523 g/mol. The highest BCUT2D eigenvalue weighted by atomic mass is 32.2. The summed E-state index contributed by atoms with van der Waals surface area (Å²) in [5.41, 5.74) is 0. The molecule has 9 nitrogen and oxygen atoms in total. The van der Waals surface area contributed by atoms with Gasteiger partial charge in [-0.1, -0.05) is 24.6 Å². The summed E-state index contributed by atoms with van der Waals surface area (Å²) >= 11 is 0. The van der Waals surface area contributed by atoms with Crippen LogP contribution in [0.1, 0.15) is 32.1 Å². The van der Waals surface area contributed by atoms with Gasteiger partial charge in [0.25, 0.3) is 0 Å². The standard InChI is InChI=1S/C24H33N3O6S2/c1-26(34(29,30)22-9-4-2-5-10-22)17-8-11-24(28)25-16-20-33-21-12-14-23(15-13-21)35(31,32)27-18-6-3-7-19-27/h2,4-5,9-10,12-15H,3,6-8,11,16-20H2,1H3,(H,25,28). The van der Waals surface area contributed by atoms with Crippen LogP contribution < -0.4 is 10.1 Å². The van der Waals surface area contributed by atoms with E-state index in [2.05, 4.69) is 5.32 Å². The van der Waals surface area contributed by atoms with Crippen molar-refractivity contribution in [3.63, 3.8) is 0 Å². The Morgan fingerprint density at radius 2 is 1.60 bits per heavy atom. The van der Waals surface area contributed by atoms with E-state index in [-0.39, 0.29) is 41.8 Å². The molecule has 0 unspecified atom stereocenters. The summed E-state index contributed by atoms with van der Waals surface area (Å²) in [6.45, 7) is 1.85. The molecule has 1 aliphatic heterocycles. The molecule has 3 rings (SSSR count). The number of rotatable bonds is 12. The summed E-state index contributed by atoms with van der Waals surface area (Å²) in [4.78, 5) is 12.5. The molecule has 0 saturated carbocycles. The summed E-state index contributed by atoms with van der Waals surface area (Å²) in [6, 6.07) is 14.5. The van der Waals surface area contributed by atoms with Crippen molar-refractivity contribution >= 4 is 26.0 Å². The van der Waals surface area contributed by atoms with Crippen molar-refractivity contribution in [3.05, 3.63) is 54.6 Å². The van der Waals surface area contributed by atoms with E-state index in [0.29, 0.717) is 25.3 Å². The zero-order valence-electron chi connectivity index (χ0n) is 19.9. The zero-order chi connectivity index (χ0) is 25.3. The molecule has 0 aromatic heterocycles. The maximum Gasteiger partial charge on any atom is 0.243 e. The Balaban J connectivity index is 1.35. The van der Waals surface area contributed by atoms with Gasteiger partial charge in [-0.05, 0) is 55.7 Å². The predicted molar refractivity (Wildman–Crippen MR) is 133 cm³/mol. The molecule has 192 valence electrons. The molecule has 11 heteroatoms. The Morgan fingerprint density at radius 1 is 0.943 bits per heavy atom. The Morgan fingerprint density at radius 3 is 2.26 bits per heavy atom. The summed E-state index contributed by atoms with van der Waals surface area (Å²) in [5.74, 6) is 0.326. The molecule has 1 aliphatic rings. The van der Waals surface area contributed by atoms with Crippen LogP contribution in [0.5, 0.6) is 5.75 Å². The van der Waals surface area contributed by atoms with Crippen molar-refractivity contribution in [1.29, 1.82) is 0 Å². The highest BCUT2D eigenvalue weighted by molar-refractivity contribution is 7.89. The second kappa shape index (κ2) is 12.5. The molecule has 1 saturated heterocycles. The minimum absolute atomic E-state index is 0.192. The molecule has 2 aromatic carbocycles. The molecule has 0 aliphatic carbocycles. The number of ether oxygens (including phenoxy) is 1. The first kappa shape index (κ1) is 27.1. The number of nitrogens with one attached hydrogen (secondary N) is 1. The lowest BCUT2D eigenvalue weighted by Crippen LogP contribution is -2.35. The molecule has 35 heavy (non-hydrogen) atoms. The fourth-order valence-corrected chi connectivity index (χ4v) is 6.51. The van der Waals surface area contributed by atoms with Crippen LogP contribution in [-0.4, -0.2) is 71.2 Å². The maximum absolute atomic E-state index is 12.7. The van der Waals surface area contributed by atoms with Crippen molar-refractivity contribution in [2.24, 2.45) is 0 Å². The van der Waals surface area contributed by atoms with Gasteiger partial charge in [-0.25, -0.2) is 21.1 Å². The summed E-state index contributed by atoms with van der Waals surface area (Å²) < 4.78 is 58.7. The van der Waals surface area contributed by atoms with Gasteiger partial charge in [-0.3, -0.25) is 4.79 Å². The Labute approximate surface area is 208 Å². The van der Waals surface area contributed by atoms with Gasteiger partial charge in [-0.2, -0.15) is 4.31 Å². The molecule has 1 fully saturated rings. The van der Waals surface area contributed by atoms with Crippen molar-refractivity contribution < 1.29 is 26.4 Å². The highest BCUT2D eigenvalue weighted by Gasteiger charge is 2.25. The van der Waals surface area contributed by atoms with E-state index in [4.69, 9.17) is 4.74 Å². The van der Waals surface area contributed by atoms with E-state index in [0.717, 1.165) is 19.3 Å². The fraction of sp³-hybridized carbons (Fsp3) is 0.458. The Bertz CT molecular complexity index is 1160. The molecule has 1 N–H and O–H groups in total. The number of benzene rings is 2. The van der Waals surface area contributed by atoms with Gasteiger partial charge < -0.3 is 10.1 Å². The molecular weight excluding hydrogens is 490 g/mol. The SMILES string of the molecule is CN(CCCC(=O)NCCOc1ccc(S(=O)(=O)N2CCCCC2)cc1)S(=O)(=O)c1ccccc1. The molecule has 0 atom stereocenters.